The number of ether oxygens (including phenoxy) is 2. The minimum Gasteiger partial charge on any atom is -0.454 e. The summed E-state index contributed by atoms with van der Waals surface area (Å²) < 4.78 is 10.7. The molecule has 0 atom stereocenters. The van der Waals surface area contributed by atoms with Crippen molar-refractivity contribution in [3.63, 3.8) is 0 Å². The largest absolute Gasteiger partial charge is 0.454 e. The van der Waals surface area contributed by atoms with Crippen molar-refractivity contribution < 1.29 is 9.47 Å². The maximum atomic E-state index is 5.39. The minimum atomic E-state index is 0.361. The zero-order valence-electron chi connectivity index (χ0n) is 10.0. The zero-order chi connectivity index (χ0) is 11.5. The Bertz CT molecular complexity index is 386. The van der Waals surface area contributed by atoms with Crippen molar-refractivity contribution in [1.29, 1.82) is 0 Å². The highest BCUT2D eigenvalue weighted by Crippen LogP contribution is 2.32. The summed E-state index contributed by atoms with van der Waals surface area (Å²) in [5.74, 6) is 1.77. The minimum absolute atomic E-state index is 0.361. The Morgan fingerprint density at radius 1 is 1.18 bits per heavy atom. The summed E-state index contributed by atoms with van der Waals surface area (Å²) in [6.45, 7) is 3.88. The van der Waals surface area contributed by atoms with Gasteiger partial charge in [-0.15, -0.1) is 0 Å². The van der Waals surface area contributed by atoms with E-state index in [-0.39, 0.29) is 0 Å². The van der Waals surface area contributed by atoms with Gasteiger partial charge in [-0.1, -0.05) is 6.07 Å². The van der Waals surface area contributed by atoms with E-state index in [1.54, 1.807) is 0 Å². The molecule has 1 aromatic rings. The van der Waals surface area contributed by atoms with E-state index < -0.39 is 0 Å². The van der Waals surface area contributed by atoms with E-state index in [1.807, 2.05) is 6.07 Å². The summed E-state index contributed by atoms with van der Waals surface area (Å²) in [7, 11) is 0. The molecule has 0 amide bonds. The van der Waals surface area contributed by atoms with E-state index in [9.17, 15) is 0 Å². The molecule has 1 fully saturated rings. The monoisotopic (exact) mass is 232 g/mol. The third kappa shape index (κ3) is 2.55. The van der Waals surface area contributed by atoms with Crippen molar-refractivity contribution in [2.45, 2.75) is 19.3 Å². The molecule has 2 heterocycles. The molecule has 0 aliphatic carbocycles. The highest BCUT2D eigenvalue weighted by molar-refractivity contribution is 5.44. The first-order valence-corrected chi connectivity index (χ1v) is 6.34. The van der Waals surface area contributed by atoms with Crippen LogP contribution < -0.4 is 9.47 Å². The van der Waals surface area contributed by atoms with Crippen molar-refractivity contribution >= 4 is 0 Å². The SMILES string of the molecule is [CH]1CCCN(CCc2ccc3c(c2)OCO3)C1. The fraction of sp³-hybridized carbons (Fsp3) is 0.500. The molecule has 91 valence electrons. The van der Waals surface area contributed by atoms with Gasteiger partial charge in [0.1, 0.15) is 0 Å². The Balaban J connectivity index is 1.57. The lowest BCUT2D eigenvalue weighted by atomic mass is 10.1. The molecule has 0 unspecified atom stereocenters. The molecule has 17 heavy (non-hydrogen) atoms. The van der Waals surface area contributed by atoms with Crippen LogP contribution >= 0.6 is 0 Å². The summed E-state index contributed by atoms with van der Waals surface area (Å²) in [5, 5.41) is 0. The Morgan fingerprint density at radius 3 is 3.00 bits per heavy atom. The molecule has 0 saturated carbocycles. The second-order valence-corrected chi connectivity index (χ2v) is 4.67. The molecule has 3 rings (SSSR count). The Kier molecular flexibility index (Phi) is 3.18. The average Bonchev–Trinajstić information content (AvgIpc) is 2.85. The van der Waals surface area contributed by atoms with Crippen molar-refractivity contribution in [2.24, 2.45) is 0 Å². The summed E-state index contributed by atoms with van der Waals surface area (Å²) in [6, 6.07) is 6.26. The molecule has 0 N–H and O–H groups in total. The predicted octanol–water partition coefficient (Wildman–Crippen LogP) is 2.26. The molecular weight excluding hydrogens is 214 g/mol. The highest BCUT2D eigenvalue weighted by atomic mass is 16.7. The van der Waals surface area contributed by atoms with E-state index in [2.05, 4.69) is 23.5 Å². The molecule has 1 radical (unpaired) electrons. The van der Waals surface area contributed by atoms with Crippen LogP contribution in [0.3, 0.4) is 0 Å². The van der Waals surface area contributed by atoms with Crippen LogP contribution in [0.1, 0.15) is 18.4 Å². The van der Waals surface area contributed by atoms with Gasteiger partial charge in [0.2, 0.25) is 6.79 Å². The van der Waals surface area contributed by atoms with E-state index in [0.29, 0.717) is 6.79 Å². The van der Waals surface area contributed by atoms with Gasteiger partial charge in [0.25, 0.3) is 0 Å². The van der Waals surface area contributed by atoms with E-state index in [1.165, 1.54) is 24.9 Å². The topological polar surface area (TPSA) is 21.7 Å². The fourth-order valence-corrected chi connectivity index (χ4v) is 2.41. The lowest BCUT2D eigenvalue weighted by Crippen LogP contribution is -2.31. The predicted molar refractivity (Wildman–Crippen MR) is 66.2 cm³/mol. The lowest BCUT2D eigenvalue weighted by Gasteiger charge is -2.26. The van der Waals surface area contributed by atoms with Gasteiger partial charge < -0.3 is 14.4 Å². The van der Waals surface area contributed by atoms with Crippen LogP contribution in [-0.4, -0.2) is 31.3 Å². The van der Waals surface area contributed by atoms with Crippen LogP contribution in [0.15, 0.2) is 18.2 Å². The number of fused-ring (bicyclic) bond motifs is 1. The van der Waals surface area contributed by atoms with Crippen LogP contribution in [0.4, 0.5) is 0 Å². The first kappa shape index (κ1) is 10.9. The number of piperidine rings is 1. The number of rotatable bonds is 3. The van der Waals surface area contributed by atoms with Gasteiger partial charge in [-0.05, 0) is 49.9 Å². The van der Waals surface area contributed by atoms with Crippen LogP contribution in [0.2, 0.25) is 0 Å². The Hall–Kier alpha value is -1.22. The van der Waals surface area contributed by atoms with Gasteiger partial charge in [-0.2, -0.15) is 0 Å². The number of benzene rings is 1. The molecule has 2 aliphatic heterocycles. The van der Waals surface area contributed by atoms with Crippen LogP contribution in [0, 0.1) is 6.42 Å². The maximum absolute atomic E-state index is 5.39. The zero-order valence-corrected chi connectivity index (χ0v) is 10.0. The molecule has 0 spiro atoms. The number of likely N-dealkylation sites (tertiary alicyclic amines) is 1. The quantitative estimate of drug-likeness (QED) is 0.798. The second kappa shape index (κ2) is 4.96. The third-order valence-corrected chi connectivity index (χ3v) is 3.42. The van der Waals surface area contributed by atoms with E-state index >= 15 is 0 Å². The average molecular weight is 232 g/mol. The standard InChI is InChI=1S/C14H18NO2/c1-2-7-15(8-3-1)9-6-12-4-5-13-14(10-12)17-11-16-13/h2,4-5,10H,1,3,6-9,11H2. The molecule has 0 bridgehead atoms. The molecule has 3 heteroatoms. The molecule has 3 nitrogen and oxygen atoms in total. The highest BCUT2D eigenvalue weighted by Gasteiger charge is 2.14. The second-order valence-electron chi connectivity index (χ2n) is 4.67. The number of hydrogen-bond acceptors (Lipinski definition) is 3. The fourth-order valence-electron chi connectivity index (χ4n) is 2.41. The van der Waals surface area contributed by atoms with Crippen LogP contribution in [-0.2, 0) is 6.42 Å². The van der Waals surface area contributed by atoms with Crippen molar-refractivity contribution in [3.8, 4) is 11.5 Å². The van der Waals surface area contributed by atoms with Crippen molar-refractivity contribution in [1.82, 2.24) is 4.90 Å². The lowest BCUT2D eigenvalue weighted by molar-refractivity contribution is 0.174. The maximum Gasteiger partial charge on any atom is 0.231 e. The summed E-state index contributed by atoms with van der Waals surface area (Å²) in [6.07, 6.45) is 6.05. The molecular formula is C14H18NO2. The molecule has 1 aromatic carbocycles. The van der Waals surface area contributed by atoms with Crippen LogP contribution in [0.5, 0.6) is 11.5 Å². The van der Waals surface area contributed by atoms with Gasteiger partial charge in [0.15, 0.2) is 11.5 Å². The van der Waals surface area contributed by atoms with Gasteiger partial charge in [-0.3, -0.25) is 0 Å². The number of hydrogen-bond donors (Lipinski definition) is 0. The van der Waals surface area contributed by atoms with E-state index in [4.69, 9.17) is 9.47 Å². The first-order chi connectivity index (χ1) is 8.42. The van der Waals surface area contributed by atoms with E-state index in [0.717, 1.165) is 31.0 Å². The van der Waals surface area contributed by atoms with Crippen molar-refractivity contribution in [3.05, 3.63) is 30.2 Å². The smallest absolute Gasteiger partial charge is 0.231 e. The van der Waals surface area contributed by atoms with Gasteiger partial charge in [0, 0.05) is 13.1 Å². The Morgan fingerprint density at radius 2 is 2.12 bits per heavy atom. The molecule has 1 saturated heterocycles. The van der Waals surface area contributed by atoms with Crippen LogP contribution in [0.25, 0.3) is 0 Å². The van der Waals surface area contributed by atoms with Gasteiger partial charge >= 0.3 is 0 Å². The first-order valence-electron chi connectivity index (χ1n) is 6.34. The molecule has 2 aliphatic rings. The normalized spacial score (nSPS) is 19.5. The molecule has 0 aromatic heterocycles. The van der Waals surface area contributed by atoms with Gasteiger partial charge in [-0.25, -0.2) is 0 Å². The van der Waals surface area contributed by atoms with Crippen molar-refractivity contribution in [2.75, 3.05) is 26.4 Å². The Labute approximate surface area is 102 Å². The third-order valence-electron chi connectivity index (χ3n) is 3.42. The summed E-state index contributed by atoms with van der Waals surface area (Å²) >= 11 is 0. The van der Waals surface area contributed by atoms with Gasteiger partial charge in [0.05, 0.1) is 0 Å². The summed E-state index contributed by atoms with van der Waals surface area (Å²) in [5.41, 5.74) is 1.33. The number of nitrogens with zero attached hydrogens (tertiary/aromatic N) is 1. The summed E-state index contributed by atoms with van der Waals surface area (Å²) in [4.78, 5) is 2.51.